The van der Waals surface area contributed by atoms with Crippen molar-refractivity contribution in [1.82, 2.24) is 24.6 Å². The highest BCUT2D eigenvalue weighted by molar-refractivity contribution is 5.85. The molecule has 0 aliphatic rings. The molecule has 0 aliphatic carbocycles. The van der Waals surface area contributed by atoms with Gasteiger partial charge >= 0.3 is 0 Å². The number of aromatic nitrogens is 3. The zero-order chi connectivity index (χ0) is 22.4. The van der Waals surface area contributed by atoms with Crippen LogP contribution in [0.4, 0.5) is 0 Å². The van der Waals surface area contributed by atoms with Gasteiger partial charge in [0.25, 0.3) is 5.56 Å². The minimum atomic E-state index is -0.148. The van der Waals surface area contributed by atoms with E-state index in [9.17, 15) is 4.79 Å². The summed E-state index contributed by atoms with van der Waals surface area (Å²) in [5.41, 5.74) is 3.71. The summed E-state index contributed by atoms with van der Waals surface area (Å²) < 4.78 is 9.51. The van der Waals surface area contributed by atoms with Gasteiger partial charge in [0.1, 0.15) is 11.6 Å². The van der Waals surface area contributed by atoms with Crippen LogP contribution in [0.25, 0.3) is 16.6 Å². The van der Waals surface area contributed by atoms with Crippen LogP contribution >= 0.6 is 0 Å². The second kappa shape index (κ2) is 10.4. The SMILES string of the molecule is CC.CNCC(CN(C)C)Oc1nn(C)c(=O)c2c1ccn2-c1ccc(C)cc1C. The average Bonchev–Trinajstić information content (AvgIpc) is 3.12. The van der Waals surface area contributed by atoms with Crippen LogP contribution < -0.4 is 15.6 Å². The molecular formula is C23H35N5O2. The maximum Gasteiger partial charge on any atom is 0.291 e. The molecule has 0 bridgehead atoms. The van der Waals surface area contributed by atoms with E-state index in [1.807, 2.05) is 57.9 Å². The normalized spacial score (nSPS) is 12.0. The Morgan fingerprint density at radius 1 is 1.20 bits per heavy atom. The predicted molar refractivity (Wildman–Crippen MR) is 124 cm³/mol. The highest BCUT2D eigenvalue weighted by Gasteiger charge is 2.19. The van der Waals surface area contributed by atoms with E-state index in [2.05, 4.69) is 41.3 Å². The summed E-state index contributed by atoms with van der Waals surface area (Å²) in [6, 6.07) is 8.12. The zero-order valence-electron chi connectivity index (χ0n) is 19.5. The smallest absolute Gasteiger partial charge is 0.291 e. The van der Waals surface area contributed by atoms with E-state index in [1.54, 1.807) is 7.05 Å². The summed E-state index contributed by atoms with van der Waals surface area (Å²) in [6.07, 6.45) is 1.83. The maximum absolute atomic E-state index is 12.9. The third-order valence-corrected chi connectivity index (χ3v) is 4.74. The van der Waals surface area contributed by atoms with Crippen molar-refractivity contribution in [2.45, 2.75) is 33.8 Å². The van der Waals surface area contributed by atoms with Crippen molar-refractivity contribution >= 4 is 10.9 Å². The van der Waals surface area contributed by atoms with Crippen molar-refractivity contribution in [2.75, 3.05) is 34.2 Å². The van der Waals surface area contributed by atoms with Crippen LogP contribution in [0.15, 0.2) is 35.3 Å². The Morgan fingerprint density at radius 2 is 1.90 bits per heavy atom. The second-order valence-corrected chi connectivity index (χ2v) is 7.53. The van der Waals surface area contributed by atoms with E-state index in [4.69, 9.17) is 4.74 Å². The Bertz CT molecular complexity index is 1040. The molecule has 0 saturated heterocycles. The molecule has 1 aromatic carbocycles. The van der Waals surface area contributed by atoms with Crippen LogP contribution in [-0.2, 0) is 7.05 Å². The highest BCUT2D eigenvalue weighted by Crippen LogP contribution is 2.26. The van der Waals surface area contributed by atoms with Crippen molar-refractivity contribution in [3.8, 4) is 11.6 Å². The van der Waals surface area contributed by atoms with Gasteiger partial charge in [0.15, 0.2) is 0 Å². The van der Waals surface area contributed by atoms with E-state index in [0.717, 1.165) is 23.2 Å². The van der Waals surface area contributed by atoms with Crippen LogP contribution in [0.1, 0.15) is 25.0 Å². The molecule has 0 amide bonds. The summed E-state index contributed by atoms with van der Waals surface area (Å²) in [4.78, 5) is 15.0. The van der Waals surface area contributed by atoms with Crippen molar-refractivity contribution < 1.29 is 4.74 Å². The summed E-state index contributed by atoms with van der Waals surface area (Å²) in [5, 5.41) is 8.28. The number of likely N-dealkylation sites (N-methyl/N-ethyl adjacent to an activating group) is 2. The number of rotatable bonds is 7. The van der Waals surface area contributed by atoms with Gasteiger partial charge in [-0.3, -0.25) is 4.79 Å². The van der Waals surface area contributed by atoms with Crippen LogP contribution in [0, 0.1) is 13.8 Å². The lowest BCUT2D eigenvalue weighted by Crippen LogP contribution is -2.38. The van der Waals surface area contributed by atoms with Gasteiger partial charge in [-0.15, -0.1) is 5.10 Å². The zero-order valence-corrected chi connectivity index (χ0v) is 19.5. The molecule has 1 N–H and O–H groups in total. The van der Waals surface area contributed by atoms with Crippen LogP contribution in [0.2, 0.25) is 0 Å². The number of hydrogen-bond acceptors (Lipinski definition) is 5. The number of nitrogens with one attached hydrogen (secondary N) is 1. The first kappa shape index (κ1) is 23.6. The molecule has 0 radical (unpaired) electrons. The van der Waals surface area contributed by atoms with Crippen LogP contribution in [0.5, 0.6) is 5.88 Å². The fourth-order valence-electron chi connectivity index (χ4n) is 3.51. The van der Waals surface area contributed by atoms with E-state index in [1.165, 1.54) is 10.2 Å². The second-order valence-electron chi connectivity index (χ2n) is 7.53. The molecule has 3 rings (SSSR count). The van der Waals surface area contributed by atoms with Crippen molar-refractivity contribution in [3.63, 3.8) is 0 Å². The summed E-state index contributed by atoms with van der Waals surface area (Å²) >= 11 is 0. The Hall–Kier alpha value is -2.64. The van der Waals surface area contributed by atoms with E-state index in [-0.39, 0.29) is 11.7 Å². The Labute approximate surface area is 179 Å². The Kier molecular flexibility index (Phi) is 8.20. The Balaban J connectivity index is 0.00000155. The largest absolute Gasteiger partial charge is 0.470 e. The first-order chi connectivity index (χ1) is 14.3. The summed E-state index contributed by atoms with van der Waals surface area (Å²) in [6.45, 7) is 9.54. The third-order valence-electron chi connectivity index (χ3n) is 4.74. The highest BCUT2D eigenvalue weighted by atomic mass is 16.5. The number of benzene rings is 1. The fourth-order valence-corrected chi connectivity index (χ4v) is 3.51. The predicted octanol–water partition coefficient (Wildman–Crippen LogP) is 2.90. The number of aryl methyl sites for hydroxylation is 3. The van der Waals surface area contributed by atoms with E-state index in [0.29, 0.717) is 17.9 Å². The molecule has 0 spiro atoms. The van der Waals surface area contributed by atoms with Gasteiger partial charge in [-0.05, 0) is 52.7 Å². The van der Waals surface area contributed by atoms with Crippen molar-refractivity contribution in [1.29, 1.82) is 0 Å². The van der Waals surface area contributed by atoms with Gasteiger partial charge in [0.2, 0.25) is 5.88 Å². The lowest BCUT2D eigenvalue weighted by molar-refractivity contribution is 0.153. The van der Waals surface area contributed by atoms with Crippen LogP contribution in [0.3, 0.4) is 0 Å². The standard InChI is InChI=1S/C21H29N5O2.C2H6/c1-14-7-8-18(15(2)11-14)26-10-9-17-19(26)21(27)25(6)23-20(17)28-16(12-22-3)13-24(4)5;1-2/h7-11,16,22H,12-13H2,1-6H3;1-2H3. The number of hydrogen-bond donors (Lipinski definition) is 1. The average molecular weight is 414 g/mol. The van der Waals surface area contributed by atoms with Gasteiger partial charge < -0.3 is 19.5 Å². The van der Waals surface area contributed by atoms with E-state index >= 15 is 0 Å². The molecule has 7 nitrogen and oxygen atoms in total. The minimum absolute atomic E-state index is 0.0855. The fraction of sp³-hybridized carbons (Fsp3) is 0.478. The summed E-state index contributed by atoms with van der Waals surface area (Å²) in [7, 11) is 7.57. The Morgan fingerprint density at radius 3 is 2.50 bits per heavy atom. The quantitative estimate of drug-likeness (QED) is 0.645. The first-order valence-corrected chi connectivity index (χ1v) is 10.4. The van der Waals surface area contributed by atoms with Gasteiger partial charge in [0.05, 0.1) is 5.39 Å². The number of fused-ring (bicyclic) bond motifs is 1. The maximum atomic E-state index is 12.9. The molecule has 2 aromatic heterocycles. The summed E-state index contributed by atoms with van der Waals surface area (Å²) in [5.74, 6) is 0.475. The van der Waals surface area contributed by atoms with Gasteiger partial charge in [0, 0.05) is 32.0 Å². The molecule has 30 heavy (non-hydrogen) atoms. The van der Waals surface area contributed by atoms with Gasteiger partial charge in [-0.25, -0.2) is 4.68 Å². The molecule has 0 saturated carbocycles. The first-order valence-electron chi connectivity index (χ1n) is 10.4. The van der Waals surface area contributed by atoms with Gasteiger partial charge in [-0.1, -0.05) is 31.5 Å². The van der Waals surface area contributed by atoms with Crippen molar-refractivity contribution in [3.05, 3.63) is 51.9 Å². The lowest BCUT2D eigenvalue weighted by atomic mass is 10.1. The monoisotopic (exact) mass is 413 g/mol. The lowest BCUT2D eigenvalue weighted by Gasteiger charge is -2.22. The molecule has 0 aliphatic heterocycles. The van der Waals surface area contributed by atoms with Crippen molar-refractivity contribution in [2.24, 2.45) is 7.05 Å². The molecule has 1 unspecified atom stereocenters. The number of nitrogens with zero attached hydrogens (tertiary/aromatic N) is 4. The van der Waals surface area contributed by atoms with Gasteiger partial charge in [-0.2, -0.15) is 0 Å². The molecule has 2 heterocycles. The third kappa shape index (κ3) is 5.09. The molecule has 7 heteroatoms. The molecular weight excluding hydrogens is 378 g/mol. The minimum Gasteiger partial charge on any atom is -0.470 e. The van der Waals surface area contributed by atoms with E-state index < -0.39 is 0 Å². The van der Waals surface area contributed by atoms with Crippen LogP contribution in [-0.4, -0.2) is 59.6 Å². The topological polar surface area (TPSA) is 64.3 Å². The molecule has 1 atom stereocenters. The molecule has 0 fully saturated rings. The molecule has 3 aromatic rings. The molecule has 164 valence electrons. The number of ether oxygens (including phenoxy) is 1.